The number of carbonyl (C=O) groups is 1. The van der Waals surface area contributed by atoms with E-state index < -0.39 is 0 Å². The molecule has 0 aliphatic carbocycles. The van der Waals surface area contributed by atoms with Gasteiger partial charge in [0.15, 0.2) is 11.9 Å². The number of ether oxygens (including phenoxy) is 1. The van der Waals surface area contributed by atoms with E-state index in [0.717, 1.165) is 11.3 Å². The lowest BCUT2D eigenvalue weighted by Crippen LogP contribution is -2.26. The summed E-state index contributed by atoms with van der Waals surface area (Å²) >= 11 is 0. The SMILES string of the molecule is O=C(Cc1ccco1)C1Cc2ccccc2O1. The first-order chi connectivity index (χ1) is 8.33. The number of ketones is 1. The van der Waals surface area contributed by atoms with Crippen molar-refractivity contribution in [2.75, 3.05) is 0 Å². The van der Waals surface area contributed by atoms with E-state index >= 15 is 0 Å². The van der Waals surface area contributed by atoms with E-state index in [2.05, 4.69) is 0 Å². The maximum atomic E-state index is 12.0. The number of para-hydroxylation sites is 1. The molecule has 3 heteroatoms. The minimum atomic E-state index is -0.363. The van der Waals surface area contributed by atoms with E-state index in [0.29, 0.717) is 18.6 Å². The lowest BCUT2D eigenvalue weighted by molar-refractivity contribution is -0.124. The molecule has 1 aromatic heterocycles. The summed E-state index contributed by atoms with van der Waals surface area (Å²) < 4.78 is 10.8. The molecule has 0 saturated heterocycles. The Kier molecular flexibility index (Phi) is 2.44. The zero-order valence-corrected chi connectivity index (χ0v) is 9.26. The monoisotopic (exact) mass is 228 g/mol. The Morgan fingerprint density at radius 3 is 2.88 bits per heavy atom. The average Bonchev–Trinajstić information content (AvgIpc) is 2.96. The summed E-state index contributed by atoms with van der Waals surface area (Å²) in [4.78, 5) is 12.0. The van der Waals surface area contributed by atoms with Gasteiger partial charge < -0.3 is 9.15 Å². The fourth-order valence-corrected chi connectivity index (χ4v) is 2.06. The molecule has 1 aromatic carbocycles. The largest absolute Gasteiger partial charge is 0.482 e. The molecule has 0 N–H and O–H groups in total. The van der Waals surface area contributed by atoms with Gasteiger partial charge in [-0.25, -0.2) is 0 Å². The molecule has 0 spiro atoms. The van der Waals surface area contributed by atoms with Gasteiger partial charge in [0.2, 0.25) is 0 Å². The molecule has 0 bridgehead atoms. The molecule has 0 saturated carbocycles. The maximum absolute atomic E-state index is 12.0. The molecule has 1 unspecified atom stereocenters. The molecule has 3 nitrogen and oxygen atoms in total. The van der Waals surface area contributed by atoms with E-state index in [9.17, 15) is 4.79 Å². The third-order valence-electron chi connectivity index (χ3n) is 2.93. The van der Waals surface area contributed by atoms with E-state index in [1.165, 1.54) is 0 Å². The van der Waals surface area contributed by atoms with E-state index in [1.54, 1.807) is 18.4 Å². The van der Waals surface area contributed by atoms with Crippen LogP contribution in [-0.2, 0) is 17.6 Å². The first-order valence-electron chi connectivity index (χ1n) is 5.62. The van der Waals surface area contributed by atoms with Crippen molar-refractivity contribution in [2.24, 2.45) is 0 Å². The molecule has 1 atom stereocenters. The summed E-state index contributed by atoms with van der Waals surface area (Å²) in [6, 6.07) is 11.4. The van der Waals surface area contributed by atoms with Gasteiger partial charge in [-0.2, -0.15) is 0 Å². The van der Waals surface area contributed by atoms with Gasteiger partial charge in [-0.15, -0.1) is 0 Å². The van der Waals surface area contributed by atoms with Gasteiger partial charge in [0.05, 0.1) is 12.7 Å². The van der Waals surface area contributed by atoms with Crippen LogP contribution in [0.5, 0.6) is 5.75 Å². The highest BCUT2D eigenvalue weighted by atomic mass is 16.5. The van der Waals surface area contributed by atoms with Gasteiger partial charge in [0, 0.05) is 6.42 Å². The van der Waals surface area contributed by atoms with Crippen LogP contribution in [0, 0.1) is 0 Å². The molecule has 0 fully saturated rings. The average molecular weight is 228 g/mol. The number of benzene rings is 1. The molecule has 1 aliphatic rings. The second-order valence-electron chi connectivity index (χ2n) is 4.14. The lowest BCUT2D eigenvalue weighted by atomic mass is 10.0. The number of hydrogen-bond acceptors (Lipinski definition) is 3. The van der Waals surface area contributed by atoms with Crippen LogP contribution in [0.4, 0.5) is 0 Å². The van der Waals surface area contributed by atoms with Gasteiger partial charge in [-0.3, -0.25) is 4.79 Å². The van der Waals surface area contributed by atoms with Crippen molar-refractivity contribution in [1.29, 1.82) is 0 Å². The van der Waals surface area contributed by atoms with Crippen molar-refractivity contribution in [3.8, 4) is 5.75 Å². The Bertz CT molecular complexity index is 503. The predicted octanol–water partition coefficient (Wildman–Crippen LogP) is 2.39. The highest BCUT2D eigenvalue weighted by molar-refractivity contribution is 5.86. The Morgan fingerprint density at radius 1 is 1.24 bits per heavy atom. The van der Waals surface area contributed by atoms with E-state index in [4.69, 9.17) is 9.15 Å². The maximum Gasteiger partial charge on any atom is 0.181 e. The summed E-state index contributed by atoms with van der Waals surface area (Å²) in [5.41, 5.74) is 1.10. The van der Waals surface area contributed by atoms with E-state index in [-0.39, 0.29) is 11.9 Å². The molecule has 17 heavy (non-hydrogen) atoms. The van der Waals surface area contributed by atoms with Crippen LogP contribution in [0.2, 0.25) is 0 Å². The van der Waals surface area contributed by atoms with Gasteiger partial charge in [-0.1, -0.05) is 18.2 Å². The number of rotatable bonds is 3. The Labute approximate surface area is 99.0 Å². The smallest absolute Gasteiger partial charge is 0.181 e. The molecule has 2 aromatic rings. The van der Waals surface area contributed by atoms with E-state index in [1.807, 2.05) is 24.3 Å². The van der Waals surface area contributed by atoms with Gasteiger partial charge in [-0.05, 0) is 23.8 Å². The van der Waals surface area contributed by atoms with Crippen molar-refractivity contribution < 1.29 is 13.9 Å². The predicted molar refractivity (Wildman–Crippen MR) is 62.0 cm³/mol. The molecule has 0 radical (unpaired) electrons. The summed E-state index contributed by atoms with van der Waals surface area (Å²) in [6.45, 7) is 0. The molecule has 0 amide bonds. The van der Waals surface area contributed by atoms with Crippen molar-refractivity contribution in [1.82, 2.24) is 0 Å². The summed E-state index contributed by atoms with van der Waals surface area (Å²) in [7, 11) is 0. The number of Topliss-reactive ketones (excluding diaryl/α,β-unsaturated/α-hetero) is 1. The molecular weight excluding hydrogens is 216 g/mol. The minimum Gasteiger partial charge on any atom is -0.482 e. The zero-order chi connectivity index (χ0) is 11.7. The van der Waals surface area contributed by atoms with Crippen LogP contribution in [0.3, 0.4) is 0 Å². The third kappa shape index (κ3) is 1.96. The number of hydrogen-bond donors (Lipinski definition) is 0. The van der Waals surface area contributed by atoms with Crippen LogP contribution in [0.25, 0.3) is 0 Å². The minimum absolute atomic E-state index is 0.0659. The normalized spacial score (nSPS) is 17.5. The first kappa shape index (κ1) is 10.1. The lowest BCUT2D eigenvalue weighted by Gasteiger charge is -2.07. The summed E-state index contributed by atoms with van der Waals surface area (Å²) in [5.74, 6) is 1.58. The second kappa shape index (κ2) is 4.09. The Balaban J connectivity index is 1.70. The fraction of sp³-hybridized carbons (Fsp3) is 0.214. The molecule has 1 aliphatic heterocycles. The van der Waals surface area contributed by atoms with Crippen LogP contribution in [0.1, 0.15) is 11.3 Å². The number of fused-ring (bicyclic) bond motifs is 1. The highest BCUT2D eigenvalue weighted by Gasteiger charge is 2.28. The molecule has 86 valence electrons. The third-order valence-corrected chi connectivity index (χ3v) is 2.93. The number of furan rings is 1. The standard InChI is InChI=1S/C14H12O3/c15-12(9-11-5-3-7-16-11)14-8-10-4-1-2-6-13(10)17-14/h1-7,14H,8-9H2. The van der Waals surface area contributed by atoms with Crippen molar-refractivity contribution in [3.63, 3.8) is 0 Å². The number of carbonyl (C=O) groups excluding carboxylic acids is 1. The summed E-state index contributed by atoms with van der Waals surface area (Å²) in [5, 5.41) is 0. The topological polar surface area (TPSA) is 39.4 Å². The van der Waals surface area contributed by atoms with Crippen LogP contribution >= 0.6 is 0 Å². The van der Waals surface area contributed by atoms with Crippen LogP contribution < -0.4 is 4.74 Å². The van der Waals surface area contributed by atoms with Gasteiger partial charge in [0.25, 0.3) is 0 Å². The van der Waals surface area contributed by atoms with Crippen LogP contribution in [0.15, 0.2) is 47.1 Å². The molecular formula is C14H12O3. The highest BCUT2D eigenvalue weighted by Crippen LogP contribution is 2.28. The molecule has 3 rings (SSSR count). The zero-order valence-electron chi connectivity index (χ0n) is 9.26. The quantitative estimate of drug-likeness (QED) is 0.809. The van der Waals surface area contributed by atoms with Crippen molar-refractivity contribution in [3.05, 3.63) is 54.0 Å². The fourth-order valence-electron chi connectivity index (χ4n) is 2.06. The van der Waals surface area contributed by atoms with Crippen LogP contribution in [-0.4, -0.2) is 11.9 Å². The van der Waals surface area contributed by atoms with Crippen molar-refractivity contribution >= 4 is 5.78 Å². The van der Waals surface area contributed by atoms with Crippen molar-refractivity contribution in [2.45, 2.75) is 18.9 Å². The molecule has 2 heterocycles. The Morgan fingerprint density at radius 2 is 2.12 bits per heavy atom. The van der Waals surface area contributed by atoms with Gasteiger partial charge >= 0.3 is 0 Å². The van der Waals surface area contributed by atoms with Gasteiger partial charge in [0.1, 0.15) is 11.5 Å². The second-order valence-corrected chi connectivity index (χ2v) is 4.14. The Hall–Kier alpha value is -2.03. The summed E-state index contributed by atoms with van der Waals surface area (Å²) in [6.07, 6.45) is 2.17. The first-order valence-corrected chi connectivity index (χ1v) is 5.62.